The third kappa shape index (κ3) is 16.5. The molecule has 2 fully saturated rings. The van der Waals surface area contributed by atoms with Crippen molar-refractivity contribution in [1.29, 1.82) is 0 Å². The van der Waals surface area contributed by atoms with Crippen molar-refractivity contribution in [1.82, 2.24) is 39.4 Å². The van der Waals surface area contributed by atoms with Gasteiger partial charge in [0, 0.05) is 37.3 Å². The molecule has 7 atom stereocenters. The van der Waals surface area contributed by atoms with Crippen LogP contribution >= 0.6 is 23.2 Å². The predicted octanol–water partition coefficient (Wildman–Crippen LogP) is 15.0. The van der Waals surface area contributed by atoms with E-state index in [1.54, 1.807) is 25.1 Å². The van der Waals surface area contributed by atoms with Crippen LogP contribution in [0.3, 0.4) is 0 Å². The Hall–Kier alpha value is -9.58. The number of amides is 3. The van der Waals surface area contributed by atoms with Gasteiger partial charge in [0.2, 0.25) is 17.7 Å². The van der Waals surface area contributed by atoms with Gasteiger partial charge in [0.1, 0.15) is 40.7 Å². The number of carbonyl (C=O) groups is 6. The van der Waals surface area contributed by atoms with Crippen molar-refractivity contribution in [2.75, 3.05) is 36.7 Å². The Balaban J connectivity index is 0.000000231. The number of nitrogens with zero attached hydrogens (tertiary/aromatic N) is 7. The number of aromatic amines is 2. The van der Waals surface area contributed by atoms with Gasteiger partial charge in [-0.2, -0.15) is 4.98 Å². The minimum atomic E-state index is -0.914. The van der Waals surface area contributed by atoms with Crippen LogP contribution in [0.5, 0.6) is 23.3 Å². The lowest BCUT2D eigenvalue weighted by molar-refractivity contribution is -0.128. The monoisotopic (exact) mass is 1380 g/mol. The van der Waals surface area contributed by atoms with E-state index in [-0.39, 0.29) is 136 Å². The number of anilines is 1. The Bertz CT molecular complexity index is 4320. The molecule has 98 heavy (non-hydrogen) atoms. The highest BCUT2D eigenvalue weighted by atomic mass is 35.5. The molecule has 0 saturated heterocycles. The minimum Gasteiger partial charge on any atom is -0.481 e. The zero-order valence-corrected chi connectivity index (χ0v) is 58.9. The molecule has 518 valence electrons. The fraction of sp³-hybridized carbons (Fsp3) is 0.452. The minimum absolute atomic E-state index is 0.0530. The molecule has 4 heterocycles. The summed E-state index contributed by atoms with van der Waals surface area (Å²) in [6.07, 6.45) is 2.02. The number of nitrogens with one attached hydrogen (secondary N) is 4. The van der Waals surface area contributed by atoms with Crippen LogP contribution < -0.4 is 29.6 Å². The summed E-state index contributed by atoms with van der Waals surface area (Å²) in [4.78, 5) is 98.5. The first-order valence-electron chi connectivity index (χ1n) is 33.2. The second-order valence-electron chi connectivity index (χ2n) is 26.1. The largest absolute Gasteiger partial charge is 0.481 e. The number of H-pyrrole nitrogens is 2. The molecule has 0 radical (unpaired) electrons. The summed E-state index contributed by atoms with van der Waals surface area (Å²) in [6.45, 7) is 40.0. The van der Waals surface area contributed by atoms with Crippen LogP contribution in [0, 0.1) is 70.4 Å². The molecule has 25 heteroatoms. The van der Waals surface area contributed by atoms with E-state index in [2.05, 4.69) is 56.3 Å². The maximum Gasteiger partial charge on any atom is 0.415 e. The topological polar surface area (TPSA) is 260 Å². The summed E-state index contributed by atoms with van der Waals surface area (Å²) in [5.41, 5.74) is 3.63. The molecule has 7 unspecified atom stereocenters. The molecule has 3 amide bonds. The van der Waals surface area contributed by atoms with Gasteiger partial charge in [0.05, 0.1) is 18.7 Å². The predicted molar refractivity (Wildman–Crippen MR) is 374 cm³/mol. The van der Waals surface area contributed by atoms with Crippen molar-refractivity contribution < 1.29 is 57.2 Å². The number of hydrogen-bond acceptors (Lipinski definition) is 14. The summed E-state index contributed by atoms with van der Waals surface area (Å²) in [5, 5.41) is 13.4. The van der Waals surface area contributed by atoms with Crippen LogP contribution in [0.15, 0.2) is 78.9 Å². The van der Waals surface area contributed by atoms with Gasteiger partial charge in [-0.15, -0.1) is 23.2 Å². The molecule has 0 aliphatic heterocycles. The maximum atomic E-state index is 14.0. The normalized spacial score (nSPS) is 19.2. The third-order valence-corrected chi connectivity index (χ3v) is 18.5. The Morgan fingerprint density at radius 2 is 1.20 bits per heavy atom. The number of hydrogen-bond donors (Lipinski definition) is 4. The van der Waals surface area contributed by atoms with Crippen molar-refractivity contribution >= 4 is 98.4 Å². The summed E-state index contributed by atoms with van der Waals surface area (Å²) in [7, 11) is 0. The van der Waals surface area contributed by atoms with Crippen LogP contribution in [0.1, 0.15) is 159 Å². The summed E-state index contributed by atoms with van der Waals surface area (Å²) < 4.78 is 38.1. The molecule has 2 saturated carbocycles. The van der Waals surface area contributed by atoms with Gasteiger partial charge in [-0.25, -0.2) is 42.9 Å². The molecule has 4 aromatic carbocycles. The molecule has 10 rings (SSSR count). The smallest absolute Gasteiger partial charge is 0.415 e. The second kappa shape index (κ2) is 32.2. The van der Waals surface area contributed by atoms with Crippen LogP contribution in [0.2, 0.25) is 0 Å². The molecular weight excluding hydrogens is 1290 g/mol. The molecule has 4 N–H and O–H groups in total. The van der Waals surface area contributed by atoms with Crippen molar-refractivity contribution in [3.8, 4) is 23.3 Å². The van der Waals surface area contributed by atoms with E-state index >= 15 is 0 Å². The number of esters is 3. The fourth-order valence-corrected chi connectivity index (χ4v) is 13.5. The van der Waals surface area contributed by atoms with E-state index in [1.807, 2.05) is 116 Å². The second-order valence-corrected chi connectivity index (χ2v) is 26.8. The van der Waals surface area contributed by atoms with Crippen LogP contribution in [0.25, 0.3) is 31.8 Å². The molecule has 0 bridgehead atoms. The lowest BCUT2D eigenvalue weighted by Crippen LogP contribution is -2.39. The Kier molecular flexibility index (Phi) is 23.9. The average molecular weight is 1380 g/mol. The van der Waals surface area contributed by atoms with Gasteiger partial charge in [-0.1, -0.05) is 121 Å². The van der Waals surface area contributed by atoms with E-state index < -0.39 is 42.1 Å². The maximum absolute atomic E-state index is 14.0. The van der Waals surface area contributed by atoms with Gasteiger partial charge >= 0.3 is 24.0 Å². The molecule has 2 aliphatic rings. The van der Waals surface area contributed by atoms with Crippen molar-refractivity contribution in [3.63, 3.8) is 0 Å². The first kappa shape index (κ1) is 72.7. The highest BCUT2D eigenvalue weighted by Gasteiger charge is 2.40. The summed E-state index contributed by atoms with van der Waals surface area (Å²) in [6, 6.07) is 24.3. The molecule has 23 nitrogen and oxygen atoms in total. The zero-order chi connectivity index (χ0) is 70.8. The van der Waals surface area contributed by atoms with E-state index in [1.165, 1.54) is 13.9 Å². The average Bonchev–Trinajstić information content (AvgIpc) is 1.60. The lowest BCUT2D eigenvalue weighted by atomic mass is 9.75. The standard InChI is InChI=1S/C41H45N5O6.C32H40Cl2N6O6/c1-8-31(50-32-19-16-23(2)20-26(32)5)38(47)43-22-27(6)36-44-37-33(41(49)51-35-24(3)12-11-13-25(35)4)34(42-7)39(46(37)45-36)52-40(48)30-18-17-28-14-9-10-15-29(28)21-30;1-17-8-9-23(19(3)14-17)44-22(6)28(41)37-31-36-27-24(30(42)45-26-20(4)15-18(2)16-21(26)5)25(35-7)29(40(27)38-31)46-32(43)39(12-10-33)13-11-34/h9-10,14-21,24-25,27,31,35H,8,11-13,22H2,1-6H3,(H,43,47)(H,44,45);8-9,14,18,20-22,26H,10-13,15-16H2,1-6H3,(H2,36,37,38,41). The Morgan fingerprint density at radius 1 is 0.663 bits per heavy atom. The lowest BCUT2D eigenvalue weighted by Gasteiger charge is -2.37. The number of aromatic nitrogens is 6. The Labute approximate surface area is 580 Å². The van der Waals surface area contributed by atoms with Crippen molar-refractivity contribution in [2.24, 2.45) is 29.6 Å². The molecule has 2 aliphatic carbocycles. The number of alkyl halides is 2. The number of aryl methyl sites for hydroxylation is 4. The van der Waals surface area contributed by atoms with Crippen LogP contribution in [-0.2, 0) is 19.1 Å². The molecule has 8 aromatic rings. The van der Waals surface area contributed by atoms with E-state index in [4.69, 9.17) is 69.8 Å². The molecule has 4 aromatic heterocycles. The van der Waals surface area contributed by atoms with E-state index in [9.17, 15) is 28.8 Å². The number of halogens is 2. The fourth-order valence-electron chi connectivity index (χ4n) is 13.1. The van der Waals surface area contributed by atoms with Gasteiger partial charge in [-0.05, 0) is 142 Å². The highest BCUT2D eigenvalue weighted by molar-refractivity contribution is 6.18. The van der Waals surface area contributed by atoms with Gasteiger partial charge in [0.25, 0.3) is 23.2 Å². The molecular formula is C73H85Cl2N11O12. The Morgan fingerprint density at radius 3 is 1.77 bits per heavy atom. The highest BCUT2D eigenvalue weighted by Crippen LogP contribution is 2.43. The first-order valence-corrected chi connectivity index (χ1v) is 34.2. The number of ether oxygens (including phenoxy) is 6. The number of benzene rings is 4. The van der Waals surface area contributed by atoms with E-state index in [0.29, 0.717) is 29.7 Å². The van der Waals surface area contributed by atoms with Gasteiger partial charge in [-0.3, -0.25) is 25.1 Å². The SMILES string of the molecule is [C-]#[N+]c1c(C(=O)OC2C(C)CC(C)CC2C)c2nc(NC(=O)C(C)Oc3ccc(C)cc3C)[nH]n2c1OC(=O)N(CCCl)CCCl.[C-]#[N+]c1c(C(=O)OC2C(C)CCCC2C)c2nc(C(C)CNC(=O)C(CC)Oc3ccc(C)cc3C)[nH]n2c1OC(=O)c1ccc2ccccc2c1. The zero-order valence-electron chi connectivity index (χ0n) is 57.3. The van der Waals surface area contributed by atoms with Crippen molar-refractivity contribution in [3.05, 3.63) is 146 Å². The third-order valence-electron chi connectivity index (χ3n) is 18.2. The summed E-state index contributed by atoms with van der Waals surface area (Å²) >= 11 is 11.7. The quantitative estimate of drug-likeness (QED) is 0.0280. The summed E-state index contributed by atoms with van der Waals surface area (Å²) in [5.74, 6) is -1.00. The molecule has 0 spiro atoms. The number of carbonyl (C=O) groups excluding carboxylic acids is 6. The first-order chi connectivity index (χ1) is 46.9. The number of rotatable bonds is 22. The van der Waals surface area contributed by atoms with Crippen LogP contribution in [-0.4, -0.2) is 126 Å². The number of fused-ring (bicyclic) bond motifs is 3. The van der Waals surface area contributed by atoms with Gasteiger partial charge < -0.3 is 38.6 Å². The van der Waals surface area contributed by atoms with Gasteiger partial charge in [0.15, 0.2) is 23.5 Å². The van der Waals surface area contributed by atoms with Crippen LogP contribution in [0.4, 0.5) is 22.1 Å². The van der Waals surface area contributed by atoms with Crippen molar-refractivity contribution in [2.45, 2.75) is 152 Å². The van der Waals surface area contributed by atoms with E-state index in [0.717, 1.165) is 65.1 Å².